The fourth-order valence-corrected chi connectivity index (χ4v) is 3.99. The van der Waals surface area contributed by atoms with Gasteiger partial charge in [0, 0.05) is 26.9 Å². The van der Waals surface area contributed by atoms with Gasteiger partial charge in [0.05, 0.1) is 11.1 Å². The summed E-state index contributed by atoms with van der Waals surface area (Å²) in [7, 11) is 0. The maximum absolute atomic E-state index is 4.42. The zero-order valence-corrected chi connectivity index (χ0v) is 11.6. The number of pyridine rings is 1. The highest BCUT2D eigenvalue weighted by Gasteiger charge is 2.24. The standard InChI is InChI=1S/C9H10Br2N2S/c1-5-4-14-9(13-5)8-7(11)2-6(10)3-12-8/h2-3,5,9,13H,4H2,1H3. The highest BCUT2D eigenvalue weighted by Crippen LogP contribution is 2.35. The van der Waals surface area contributed by atoms with E-state index < -0.39 is 0 Å². The van der Waals surface area contributed by atoms with E-state index in [1.165, 1.54) is 0 Å². The molecule has 0 aromatic carbocycles. The van der Waals surface area contributed by atoms with Crippen molar-refractivity contribution in [3.05, 3.63) is 26.9 Å². The van der Waals surface area contributed by atoms with Gasteiger partial charge >= 0.3 is 0 Å². The van der Waals surface area contributed by atoms with E-state index in [0.717, 1.165) is 20.4 Å². The Morgan fingerprint density at radius 2 is 2.36 bits per heavy atom. The second-order valence-electron chi connectivity index (χ2n) is 3.30. The molecule has 1 saturated heterocycles. The van der Waals surface area contributed by atoms with E-state index >= 15 is 0 Å². The van der Waals surface area contributed by atoms with E-state index in [1.54, 1.807) is 0 Å². The Balaban J connectivity index is 2.24. The first-order chi connectivity index (χ1) is 6.66. The lowest BCUT2D eigenvalue weighted by molar-refractivity contribution is 0.608. The normalized spacial score (nSPS) is 26.8. The minimum absolute atomic E-state index is 0.326. The molecular weight excluding hydrogens is 328 g/mol. The van der Waals surface area contributed by atoms with Gasteiger partial charge in [0.25, 0.3) is 0 Å². The number of rotatable bonds is 1. The van der Waals surface area contributed by atoms with Gasteiger partial charge < -0.3 is 0 Å². The van der Waals surface area contributed by atoms with Crippen LogP contribution in [0.3, 0.4) is 0 Å². The van der Waals surface area contributed by atoms with Crippen LogP contribution in [-0.4, -0.2) is 16.8 Å². The molecule has 0 radical (unpaired) electrons. The fourth-order valence-electron chi connectivity index (χ4n) is 1.37. The summed E-state index contributed by atoms with van der Waals surface area (Å²) in [6.07, 6.45) is 1.84. The van der Waals surface area contributed by atoms with Crippen LogP contribution < -0.4 is 5.32 Å². The minimum atomic E-state index is 0.326. The Morgan fingerprint density at radius 3 is 2.93 bits per heavy atom. The number of hydrogen-bond donors (Lipinski definition) is 1. The molecule has 2 nitrogen and oxygen atoms in total. The number of halogens is 2. The molecule has 0 amide bonds. The van der Waals surface area contributed by atoms with Crippen molar-refractivity contribution >= 4 is 43.6 Å². The smallest absolute Gasteiger partial charge is 0.0976 e. The molecule has 0 spiro atoms. The highest BCUT2D eigenvalue weighted by molar-refractivity contribution is 9.11. The minimum Gasteiger partial charge on any atom is -0.297 e. The lowest BCUT2D eigenvalue weighted by Crippen LogP contribution is -2.22. The molecule has 1 aromatic rings. The number of aromatic nitrogens is 1. The van der Waals surface area contributed by atoms with E-state index in [0.29, 0.717) is 11.4 Å². The molecule has 5 heteroatoms. The lowest BCUT2D eigenvalue weighted by Gasteiger charge is -2.11. The summed E-state index contributed by atoms with van der Waals surface area (Å²) < 4.78 is 2.06. The summed E-state index contributed by atoms with van der Waals surface area (Å²) in [6.45, 7) is 2.19. The van der Waals surface area contributed by atoms with Crippen LogP contribution in [-0.2, 0) is 0 Å². The van der Waals surface area contributed by atoms with Gasteiger partial charge in [-0.1, -0.05) is 0 Å². The molecule has 76 valence electrons. The van der Waals surface area contributed by atoms with Gasteiger partial charge in [0.2, 0.25) is 0 Å². The predicted molar refractivity (Wildman–Crippen MR) is 67.4 cm³/mol. The summed E-state index contributed by atoms with van der Waals surface area (Å²) in [4.78, 5) is 4.42. The molecule has 1 aromatic heterocycles. The van der Waals surface area contributed by atoms with E-state index in [1.807, 2.05) is 24.0 Å². The molecule has 2 heterocycles. The summed E-state index contributed by atoms with van der Waals surface area (Å²) in [5.41, 5.74) is 1.09. The molecular formula is C9H10Br2N2S. The Kier molecular flexibility index (Phi) is 3.52. The third-order valence-corrected chi connectivity index (χ3v) is 4.49. The van der Waals surface area contributed by atoms with Crippen molar-refractivity contribution in [3.8, 4) is 0 Å². The van der Waals surface area contributed by atoms with Gasteiger partial charge in [-0.25, -0.2) is 0 Å². The highest BCUT2D eigenvalue weighted by atomic mass is 79.9. The molecule has 1 aliphatic rings. The third-order valence-electron chi connectivity index (χ3n) is 2.03. The Bertz CT molecular complexity index is 346. The van der Waals surface area contributed by atoms with Crippen molar-refractivity contribution in [1.82, 2.24) is 10.3 Å². The first kappa shape index (κ1) is 10.9. The van der Waals surface area contributed by atoms with Crippen molar-refractivity contribution in [2.24, 2.45) is 0 Å². The molecule has 0 aliphatic carbocycles. The fraction of sp³-hybridized carbons (Fsp3) is 0.444. The SMILES string of the molecule is CC1CSC(c2ncc(Br)cc2Br)N1. The summed E-state index contributed by atoms with van der Waals surface area (Å²) in [6, 6.07) is 2.61. The van der Waals surface area contributed by atoms with Gasteiger partial charge in [0.15, 0.2) is 0 Å². The van der Waals surface area contributed by atoms with Crippen LogP contribution in [0.4, 0.5) is 0 Å². The third kappa shape index (κ3) is 2.32. The number of nitrogens with zero attached hydrogens (tertiary/aromatic N) is 1. The first-order valence-corrected chi connectivity index (χ1v) is 6.99. The Labute approximate surface area is 105 Å². The van der Waals surface area contributed by atoms with E-state index in [9.17, 15) is 0 Å². The molecule has 2 unspecified atom stereocenters. The Hall–Kier alpha value is 0.420. The van der Waals surface area contributed by atoms with E-state index in [4.69, 9.17) is 0 Å². The Morgan fingerprint density at radius 1 is 1.57 bits per heavy atom. The van der Waals surface area contributed by atoms with Crippen LogP contribution in [0.25, 0.3) is 0 Å². The summed E-state index contributed by atoms with van der Waals surface area (Å²) >= 11 is 8.83. The average Bonchev–Trinajstić information content (AvgIpc) is 2.51. The van der Waals surface area contributed by atoms with Crippen molar-refractivity contribution in [2.75, 3.05) is 5.75 Å². The van der Waals surface area contributed by atoms with E-state index in [2.05, 4.69) is 49.1 Å². The second-order valence-corrected chi connectivity index (χ2v) is 6.21. The monoisotopic (exact) mass is 336 g/mol. The van der Waals surface area contributed by atoms with Crippen LogP contribution in [0, 0.1) is 0 Å². The van der Waals surface area contributed by atoms with Gasteiger partial charge in [-0.05, 0) is 44.8 Å². The largest absolute Gasteiger partial charge is 0.297 e. The average molecular weight is 338 g/mol. The number of thioether (sulfide) groups is 1. The van der Waals surface area contributed by atoms with Crippen LogP contribution in [0.15, 0.2) is 21.2 Å². The zero-order valence-electron chi connectivity index (χ0n) is 7.63. The molecule has 2 rings (SSSR count). The first-order valence-electron chi connectivity index (χ1n) is 4.35. The summed E-state index contributed by atoms with van der Waals surface area (Å²) in [5.74, 6) is 1.15. The van der Waals surface area contributed by atoms with Gasteiger partial charge in [-0.15, -0.1) is 11.8 Å². The van der Waals surface area contributed by atoms with Crippen molar-refractivity contribution < 1.29 is 0 Å². The molecule has 2 atom stereocenters. The lowest BCUT2D eigenvalue weighted by atomic mass is 10.3. The second kappa shape index (κ2) is 4.51. The van der Waals surface area contributed by atoms with Crippen molar-refractivity contribution in [3.63, 3.8) is 0 Å². The molecule has 1 N–H and O–H groups in total. The van der Waals surface area contributed by atoms with Gasteiger partial charge in [0.1, 0.15) is 0 Å². The topological polar surface area (TPSA) is 24.9 Å². The van der Waals surface area contributed by atoms with Crippen LogP contribution in [0.1, 0.15) is 18.0 Å². The van der Waals surface area contributed by atoms with Crippen LogP contribution in [0.2, 0.25) is 0 Å². The van der Waals surface area contributed by atoms with E-state index in [-0.39, 0.29) is 0 Å². The maximum Gasteiger partial charge on any atom is 0.0976 e. The molecule has 1 fully saturated rings. The molecule has 0 bridgehead atoms. The van der Waals surface area contributed by atoms with Gasteiger partial charge in [-0.3, -0.25) is 10.3 Å². The number of hydrogen-bond acceptors (Lipinski definition) is 3. The van der Waals surface area contributed by atoms with Crippen LogP contribution in [0.5, 0.6) is 0 Å². The van der Waals surface area contributed by atoms with Gasteiger partial charge in [-0.2, -0.15) is 0 Å². The van der Waals surface area contributed by atoms with Crippen LogP contribution >= 0.6 is 43.6 Å². The number of nitrogens with one attached hydrogen (secondary N) is 1. The van der Waals surface area contributed by atoms with Crippen molar-refractivity contribution in [2.45, 2.75) is 18.3 Å². The molecule has 14 heavy (non-hydrogen) atoms. The molecule has 1 aliphatic heterocycles. The quantitative estimate of drug-likeness (QED) is 0.850. The zero-order chi connectivity index (χ0) is 10.1. The maximum atomic E-state index is 4.42. The predicted octanol–water partition coefficient (Wildman–Crippen LogP) is 3.33. The summed E-state index contributed by atoms with van der Waals surface area (Å²) in [5, 5.41) is 3.81. The molecule has 0 saturated carbocycles. The van der Waals surface area contributed by atoms with Crippen molar-refractivity contribution in [1.29, 1.82) is 0 Å².